The van der Waals surface area contributed by atoms with E-state index in [1.807, 2.05) is 0 Å². The lowest BCUT2D eigenvalue weighted by Gasteiger charge is -2.09. The molecule has 15 heavy (non-hydrogen) atoms. The largest absolute Gasteiger partial charge is 0.385 e. The van der Waals surface area contributed by atoms with Gasteiger partial charge in [-0.25, -0.2) is 0 Å². The standard InChI is InChI=1S/C8H10BrN3O3/c1-10-4-7(13)8-6(12(14)15)2-5(9)3-11-8/h2-3,7,10,13H,4H2,1H3. The highest BCUT2D eigenvalue weighted by atomic mass is 79.9. The summed E-state index contributed by atoms with van der Waals surface area (Å²) in [6.07, 6.45) is 0.435. The van der Waals surface area contributed by atoms with Gasteiger partial charge in [0.2, 0.25) is 0 Å². The van der Waals surface area contributed by atoms with Gasteiger partial charge in [0.1, 0.15) is 11.8 Å². The van der Waals surface area contributed by atoms with Crippen molar-refractivity contribution in [2.45, 2.75) is 6.10 Å². The van der Waals surface area contributed by atoms with Crippen LogP contribution in [0.4, 0.5) is 5.69 Å². The Bertz CT molecular complexity index is 372. The lowest BCUT2D eigenvalue weighted by atomic mass is 10.2. The third kappa shape index (κ3) is 2.95. The van der Waals surface area contributed by atoms with E-state index in [4.69, 9.17) is 0 Å². The third-order valence-electron chi connectivity index (χ3n) is 1.77. The molecular weight excluding hydrogens is 266 g/mol. The predicted octanol–water partition coefficient (Wildman–Crippen LogP) is 1.01. The van der Waals surface area contributed by atoms with Gasteiger partial charge >= 0.3 is 0 Å². The van der Waals surface area contributed by atoms with E-state index in [-0.39, 0.29) is 17.9 Å². The van der Waals surface area contributed by atoms with E-state index in [1.54, 1.807) is 7.05 Å². The minimum atomic E-state index is -0.983. The number of aliphatic hydroxyl groups is 1. The monoisotopic (exact) mass is 275 g/mol. The number of aromatic nitrogens is 1. The molecular formula is C8H10BrN3O3. The number of nitrogens with zero attached hydrogens (tertiary/aromatic N) is 2. The summed E-state index contributed by atoms with van der Waals surface area (Å²) in [4.78, 5) is 14.0. The van der Waals surface area contributed by atoms with Crippen LogP contribution >= 0.6 is 15.9 Å². The summed E-state index contributed by atoms with van der Waals surface area (Å²) in [6, 6.07) is 1.32. The molecule has 7 heteroatoms. The van der Waals surface area contributed by atoms with Crippen molar-refractivity contribution >= 4 is 21.6 Å². The Morgan fingerprint density at radius 3 is 3.00 bits per heavy atom. The Kier molecular flexibility index (Phi) is 4.13. The Morgan fingerprint density at radius 1 is 1.80 bits per heavy atom. The first-order chi connectivity index (χ1) is 7.06. The first-order valence-corrected chi connectivity index (χ1v) is 4.98. The van der Waals surface area contributed by atoms with Crippen LogP contribution in [-0.2, 0) is 0 Å². The number of hydrogen-bond acceptors (Lipinski definition) is 5. The zero-order valence-corrected chi connectivity index (χ0v) is 9.56. The van der Waals surface area contributed by atoms with Crippen molar-refractivity contribution < 1.29 is 10.0 Å². The number of likely N-dealkylation sites (N-methyl/N-ethyl adjacent to an activating group) is 1. The second-order valence-corrected chi connectivity index (χ2v) is 3.80. The molecule has 1 atom stereocenters. The van der Waals surface area contributed by atoms with Crippen LogP contribution in [0.15, 0.2) is 16.7 Å². The molecule has 0 saturated carbocycles. The molecule has 1 unspecified atom stereocenters. The number of halogens is 1. The Labute approximate surface area is 94.6 Å². The van der Waals surface area contributed by atoms with Gasteiger partial charge < -0.3 is 10.4 Å². The molecule has 0 bridgehead atoms. The van der Waals surface area contributed by atoms with Gasteiger partial charge in [0, 0.05) is 23.3 Å². The predicted molar refractivity (Wildman–Crippen MR) is 57.5 cm³/mol. The fourth-order valence-electron chi connectivity index (χ4n) is 1.13. The molecule has 0 spiro atoms. The fraction of sp³-hybridized carbons (Fsp3) is 0.375. The highest BCUT2D eigenvalue weighted by molar-refractivity contribution is 9.10. The molecule has 0 radical (unpaired) electrons. The molecule has 0 fully saturated rings. The molecule has 1 aromatic heterocycles. The molecule has 1 aromatic rings. The molecule has 0 amide bonds. The van der Waals surface area contributed by atoms with Crippen molar-refractivity contribution in [3.63, 3.8) is 0 Å². The number of rotatable bonds is 4. The molecule has 82 valence electrons. The van der Waals surface area contributed by atoms with Gasteiger partial charge in [-0.3, -0.25) is 15.1 Å². The van der Waals surface area contributed by atoms with E-state index in [9.17, 15) is 15.2 Å². The van der Waals surface area contributed by atoms with E-state index in [0.29, 0.717) is 4.47 Å². The smallest absolute Gasteiger partial charge is 0.294 e. The van der Waals surface area contributed by atoms with Crippen molar-refractivity contribution in [2.24, 2.45) is 0 Å². The maximum Gasteiger partial charge on any atom is 0.294 e. The van der Waals surface area contributed by atoms with Crippen LogP contribution < -0.4 is 5.32 Å². The van der Waals surface area contributed by atoms with Crippen LogP contribution in [-0.4, -0.2) is 28.6 Å². The molecule has 1 rings (SSSR count). The first kappa shape index (κ1) is 12.0. The topological polar surface area (TPSA) is 88.3 Å². The van der Waals surface area contributed by atoms with E-state index >= 15 is 0 Å². The SMILES string of the molecule is CNCC(O)c1ncc(Br)cc1[N+](=O)[O-]. The van der Waals surface area contributed by atoms with Gasteiger partial charge in [-0.2, -0.15) is 0 Å². The van der Waals surface area contributed by atoms with E-state index in [0.717, 1.165) is 0 Å². The van der Waals surface area contributed by atoms with E-state index < -0.39 is 11.0 Å². The molecule has 1 heterocycles. The van der Waals surface area contributed by atoms with Crippen LogP contribution in [0.25, 0.3) is 0 Å². The lowest BCUT2D eigenvalue weighted by Crippen LogP contribution is -2.18. The Hall–Kier alpha value is -1.05. The number of aliphatic hydroxyl groups excluding tert-OH is 1. The van der Waals surface area contributed by atoms with Gasteiger partial charge in [-0.1, -0.05) is 0 Å². The minimum Gasteiger partial charge on any atom is -0.385 e. The molecule has 0 aliphatic rings. The summed E-state index contributed by atoms with van der Waals surface area (Å²) in [7, 11) is 1.65. The first-order valence-electron chi connectivity index (χ1n) is 4.18. The summed E-state index contributed by atoms with van der Waals surface area (Å²) in [5, 5.41) is 23.0. The van der Waals surface area contributed by atoms with Crippen molar-refractivity contribution in [3.8, 4) is 0 Å². The lowest BCUT2D eigenvalue weighted by molar-refractivity contribution is -0.386. The van der Waals surface area contributed by atoms with E-state index in [1.165, 1.54) is 12.3 Å². The number of hydrogen-bond donors (Lipinski definition) is 2. The maximum atomic E-state index is 10.7. The van der Waals surface area contributed by atoms with Gasteiger partial charge in [-0.15, -0.1) is 0 Å². The van der Waals surface area contributed by atoms with Crippen molar-refractivity contribution in [1.82, 2.24) is 10.3 Å². The molecule has 2 N–H and O–H groups in total. The number of nitro groups is 1. The Morgan fingerprint density at radius 2 is 2.47 bits per heavy atom. The molecule has 0 saturated heterocycles. The van der Waals surface area contributed by atoms with Crippen molar-refractivity contribution in [1.29, 1.82) is 0 Å². The maximum absolute atomic E-state index is 10.7. The van der Waals surface area contributed by atoms with Crippen LogP contribution in [0.2, 0.25) is 0 Å². The third-order valence-corrected chi connectivity index (χ3v) is 2.21. The van der Waals surface area contributed by atoms with Crippen molar-refractivity contribution in [3.05, 3.63) is 32.5 Å². The highest BCUT2D eigenvalue weighted by Gasteiger charge is 2.21. The minimum absolute atomic E-state index is 0.0672. The average molecular weight is 276 g/mol. The van der Waals surface area contributed by atoms with Crippen LogP contribution in [0, 0.1) is 10.1 Å². The normalized spacial score (nSPS) is 12.5. The molecule has 6 nitrogen and oxygen atoms in total. The van der Waals surface area contributed by atoms with Crippen LogP contribution in [0.5, 0.6) is 0 Å². The molecule has 0 aromatic carbocycles. The fourth-order valence-corrected chi connectivity index (χ4v) is 1.45. The summed E-state index contributed by atoms with van der Waals surface area (Å²) in [6.45, 7) is 0.218. The number of pyridine rings is 1. The second-order valence-electron chi connectivity index (χ2n) is 2.89. The van der Waals surface area contributed by atoms with Crippen molar-refractivity contribution in [2.75, 3.05) is 13.6 Å². The molecule has 0 aliphatic carbocycles. The average Bonchev–Trinajstić information content (AvgIpc) is 2.17. The number of nitrogens with one attached hydrogen (secondary N) is 1. The quantitative estimate of drug-likeness (QED) is 0.632. The summed E-state index contributed by atoms with van der Waals surface area (Å²) < 4.78 is 0.509. The van der Waals surface area contributed by atoms with Gasteiger partial charge in [0.05, 0.1) is 4.92 Å². The summed E-state index contributed by atoms with van der Waals surface area (Å²) in [5.74, 6) is 0. The van der Waals surface area contributed by atoms with Gasteiger partial charge in [0.15, 0.2) is 0 Å². The van der Waals surface area contributed by atoms with E-state index in [2.05, 4.69) is 26.2 Å². The summed E-state index contributed by atoms with van der Waals surface area (Å²) >= 11 is 3.09. The highest BCUT2D eigenvalue weighted by Crippen LogP contribution is 2.25. The van der Waals surface area contributed by atoms with Crippen LogP contribution in [0.3, 0.4) is 0 Å². The zero-order chi connectivity index (χ0) is 11.4. The van der Waals surface area contributed by atoms with Crippen LogP contribution in [0.1, 0.15) is 11.8 Å². The zero-order valence-electron chi connectivity index (χ0n) is 7.98. The molecule has 0 aliphatic heterocycles. The Balaban J connectivity index is 3.10. The summed E-state index contributed by atoms with van der Waals surface area (Å²) in [5.41, 5.74) is -0.121. The second kappa shape index (κ2) is 5.15. The van der Waals surface area contributed by atoms with Gasteiger partial charge in [-0.05, 0) is 23.0 Å². The van der Waals surface area contributed by atoms with Gasteiger partial charge in [0.25, 0.3) is 5.69 Å².